The maximum absolute atomic E-state index is 5.35. The lowest BCUT2D eigenvalue weighted by Gasteiger charge is -2.46. The first-order valence-electron chi connectivity index (χ1n) is 8.65. The van der Waals surface area contributed by atoms with Gasteiger partial charge in [0.1, 0.15) is 0 Å². The summed E-state index contributed by atoms with van der Waals surface area (Å²) in [5, 5.41) is 3.84. The lowest BCUT2D eigenvalue weighted by molar-refractivity contribution is 0.0358. The number of nitrogens with one attached hydrogen (secondary N) is 1. The number of ether oxygens (including phenoxy) is 1. The minimum Gasteiger partial charge on any atom is -0.383 e. The molecule has 4 atom stereocenters. The van der Waals surface area contributed by atoms with Crippen molar-refractivity contribution in [3.63, 3.8) is 0 Å². The van der Waals surface area contributed by atoms with Gasteiger partial charge in [-0.3, -0.25) is 4.90 Å². The molecule has 2 aliphatic carbocycles. The molecule has 0 heterocycles. The maximum Gasteiger partial charge on any atom is 0.0589 e. The molecular weight excluding hydrogens is 248 g/mol. The Balaban J connectivity index is 2.04. The molecule has 1 N–H and O–H groups in total. The molecular formula is C17H34N2O. The van der Waals surface area contributed by atoms with Gasteiger partial charge in [-0.25, -0.2) is 0 Å². The van der Waals surface area contributed by atoms with Crippen molar-refractivity contribution in [2.24, 2.45) is 11.8 Å². The van der Waals surface area contributed by atoms with Crippen LogP contribution < -0.4 is 5.32 Å². The first kappa shape index (κ1) is 16.3. The Labute approximate surface area is 125 Å². The zero-order valence-electron chi connectivity index (χ0n) is 13.9. The Kier molecular flexibility index (Phi) is 6.31. The van der Waals surface area contributed by atoms with Gasteiger partial charge in [0.25, 0.3) is 0 Å². The van der Waals surface area contributed by atoms with Crippen LogP contribution in [0.4, 0.5) is 0 Å². The van der Waals surface area contributed by atoms with Crippen LogP contribution in [0.3, 0.4) is 0 Å². The van der Waals surface area contributed by atoms with Gasteiger partial charge in [-0.1, -0.05) is 20.8 Å². The van der Waals surface area contributed by atoms with Crippen LogP contribution in [-0.2, 0) is 4.74 Å². The summed E-state index contributed by atoms with van der Waals surface area (Å²) in [5.74, 6) is 1.66. The van der Waals surface area contributed by atoms with E-state index in [0.29, 0.717) is 12.1 Å². The maximum atomic E-state index is 5.35. The second kappa shape index (κ2) is 7.77. The summed E-state index contributed by atoms with van der Waals surface area (Å²) in [6, 6.07) is 2.21. The highest BCUT2D eigenvalue weighted by molar-refractivity contribution is 4.99. The second-order valence-electron chi connectivity index (χ2n) is 7.07. The summed E-state index contributed by atoms with van der Waals surface area (Å²) in [4.78, 5) is 2.77. The highest BCUT2D eigenvalue weighted by Crippen LogP contribution is 2.38. The summed E-state index contributed by atoms with van der Waals surface area (Å²) in [5.41, 5.74) is 0. The van der Waals surface area contributed by atoms with Crippen molar-refractivity contribution in [3.8, 4) is 0 Å². The molecule has 4 unspecified atom stereocenters. The lowest BCUT2D eigenvalue weighted by Crippen LogP contribution is -2.58. The summed E-state index contributed by atoms with van der Waals surface area (Å²) in [6.45, 7) is 10.3. The summed E-state index contributed by atoms with van der Waals surface area (Å²) < 4.78 is 5.35. The Hall–Kier alpha value is -0.120. The van der Waals surface area contributed by atoms with Crippen molar-refractivity contribution in [3.05, 3.63) is 0 Å². The molecule has 0 radical (unpaired) electrons. The third kappa shape index (κ3) is 4.19. The van der Waals surface area contributed by atoms with Crippen molar-refractivity contribution >= 4 is 0 Å². The quantitative estimate of drug-likeness (QED) is 0.741. The lowest BCUT2D eigenvalue weighted by atomic mass is 9.75. The first-order chi connectivity index (χ1) is 9.67. The molecule has 2 aliphatic rings. The van der Waals surface area contributed by atoms with Gasteiger partial charge >= 0.3 is 0 Å². The van der Waals surface area contributed by atoms with Gasteiger partial charge in [-0.2, -0.15) is 0 Å². The van der Waals surface area contributed by atoms with Gasteiger partial charge in [-0.05, 0) is 50.5 Å². The average molecular weight is 282 g/mol. The van der Waals surface area contributed by atoms with Crippen LogP contribution in [0.1, 0.15) is 52.9 Å². The molecule has 0 aromatic rings. The highest BCUT2D eigenvalue weighted by Gasteiger charge is 2.42. The Bertz CT molecular complexity index is 280. The normalized spacial score (nSPS) is 34.6. The van der Waals surface area contributed by atoms with Gasteiger partial charge in [0.2, 0.25) is 0 Å². The third-order valence-corrected chi connectivity index (χ3v) is 5.03. The SMILES string of the molecule is CCCNC1CC(C)CC(C)C1N(CCOC)C1CC1. The van der Waals surface area contributed by atoms with Crippen LogP contribution >= 0.6 is 0 Å². The van der Waals surface area contributed by atoms with Gasteiger partial charge in [0, 0.05) is 31.8 Å². The predicted molar refractivity (Wildman–Crippen MR) is 85.0 cm³/mol. The molecule has 2 saturated carbocycles. The zero-order valence-corrected chi connectivity index (χ0v) is 13.9. The predicted octanol–water partition coefficient (Wildman–Crippen LogP) is 2.90. The first-order valence-corrected chi connectivity index (χ1v) is 8.65. The van der Waals surface area contributed by atoms with E-state index in [2.05, 4.69) is 31.0 Å². The Morgan fingerprint density at radius 2 is 1.95 bits per heavy atom. The van der Waals surface area contributed by atoms with E-state index < -0.39 is 0 Å². The monoisotopic (exact) mass is 282 g/mol. The van der Waals surface area contributed by atoms with E-state index in [1.165, 1.54) is 32.1 Å². The number of hydrogen-bond acceptors (Lipinski definition) is 3. The summed E-state index contributed by atoms with van der Waals surface area (Å²) in [6.07, 6.45) is 6.73. The molecule has 118 valence electrons. The van der Waals surface area contributed by atoms with Gasteiger partial charge < -0.3 is 10.1 Å². The van der Waals surface area contributed by atoms with Crippen molar-refractivity contribution in [2.75, 3.05) is 26.8 Å². The van der Waals surface area contributed by atoms with Crippen LogP contribution in [0.5, 0.6) is 0 Å². The number of rotatable bonds is 8. The second-order valence-corrected chi connectivity index (χ2v) is 7.07. The van der Waals surface area contributed by atoms with E-state index in [9.17, 15) is 0 Å². The van der Waals surface area contributed by atoms with Crippen LogP contribution in [0.2, 0.25) is 0 Å². The molecule has 0 spiro atoms. The van der Waals surface area contributed by atoms with Crippen LogP contribution in [0, 0.1) is 11.8 Å². The number of hydrogen-bond donors (Lipinski definition) is 1. The standard InChI is InChI=1S/C17H34N2O/c1-5-8-18-16-12-13(2)11-14(3)17(16)19(9-10-20-4)15-6-7-15/h13-18H,5-12H2,1-4H3. The third-order valence-electron chi connectivity index (χ3n) is 5.03. The van der Waals surface area contributed by atoms with E-state index in [4.69, 9.17) is 4.74 Å². The van der Waals surface area contributed by atoms with E-state index in [0.717, 1.165) is 37.6 Å². The summed E-state index contributed by atoms with van der Waals surface area (Å²) >= 11 is 0. The van der Waals surface area contributed by atoms with Crippen molar-refractivity contribution in [2.45, 2.75) is 71.0 Å². The molecule has 2 fully saturated rings. The van der Waals surface area contributed by atoms with Crippen LogP contribution in [-0.4, -0.2) is 49.8 Å². The molecule has 0 aliphatic heterocycles. The molecule has 2 rings (SSSR count). The van der Waals surface area contributed by atoms with Gasteiger partial charge in [0.15, 0.2) is 0 Å². The topological polar surface area (TPSA) is 24.5 Å². The smallest absolute Gasteiger partial charge is 0.0589 e. The van der Waals surface area contributed by atoms with Gasteiger partial charge in [-0.15, -0.1) is 0 Å². The molecule has 0 aromatic carbocycles. The van der Waals surface area contributed by atoms with E-state index >= 15 is 0 Å². The van der Waals surface area contributed by atoms with Crippen LogP contribution in [0.15, 0.2) is 0 Å². The molecule has 0 aromatic heterocycles. The molecule has 3 heteroatoms. The summed E-state index contributed by atoms with van der Waals surface area (Å²) in [7, 11) is 1.82. The van der Waals surface area contributed by atoms with Gasteiger partial charge in [0.05, 0.1) is 6.61 Å². The number of nitrogens with zero attached hydrogens (tertiary/aromatic N) is 1. The number of methoxy groups -OCH3 is 1. The Morgan fingerprint density at radius 1 is 1.20 bits per heavy atom. The van der Waals surface area contributed by atoms with Crippen molar-refractivity contribution < 1.29 is 4.74 Å². The van der Waals surface area contributed by atoms with Crippen LogP contribution in [0.25, 0.3) is 0 Å². The Morgan fingerprint density at radius 3 is 2.55 bits per heavy atom. The van der Waals surface area contributed by atoms with E-state index in [-0.39, 0.29) is 0 Å². The molecule has 0 saturated heterocycles. The minimum absolute atomic E-state index is 0.672. The molecule has 20 heavy (non-hydrogen) atoms. The molecule has 0 bridgehead atoms. The minimum atomic E-state index is 0.672. The zero-order chi connectivity index (χ0) is 14.5. The fraction of sp³-hybridized carbons (Fsp3) is 1.00. The van der Waals surface area contributed by atoms with E-state index in [1.807, 2.05) is 7.11 Å². The fourth-order valence-corrected chi connectivity index (χ4v) is 4.11. The van der Waals surface area contributed by atoms with E-state index in [1.54, 1.807) is 0 Å². The molecule has 0 amide bonds. The van der Waals surface area contributed by atoms with Crippen molar-refractivity contribution in [1.82, 2.24) is 10.2 Å². The highest BCUT2D eigenvalue weighted by atomic mass is 16.5. The average Bonchev–Trinajstić information content (AvgIpc) is 3.23. The largest absolute Gasteiger partial charge is 0.383 e. The molecule has 3 nitrogen and oxygen atoms in total. The van der Waals surface area contributed by atoms with Crippen molar-refractivity contribution in [1.29, 1.82) is 0 Å². The fourth-order valence-electron chi connectivity index (χ4n) is 4.11.